The number of methoxy groups -OCH3 is 1. The maximum absolute atomic E-state index is 14.0. The van der Waals surface area contributed by atoms with Crippen molar-refractivity contribution in [2.45, 2.75) is 4.90 Å². The third-order valence-corrected chi connectivity index (χ3v) is 7.58. The number of benzene rings is 3. The standard InChI is InChI=1S/C24H23FN2O6S/c1-32-24(29)19-14-17-6-2-3-7-18(17)15-21(19)33-16-23(28)26-10-12-27(13-11-26)34(30,31)22-9-5-4-8-20(22)25/h2-9,14-15H,10-13,16H2,1H3. The van der Waals surface area contributed by atoms with Crippen LogP contribution in [0.25, 0.3) is 10.8 Å². The molecule has 0 saturated carbocycles. The summed E-state index contributed by atoms with van der Waals surface area (Å²) >= 11 is 0. The lowest BCUT2D eigenvalue weighted by atomic mass is 10.1. The molecule has 0 spiro atoms. The van der Waals surface area contributed by atoms with E-state index in [0.29, 0.717) is 0 Å². The molecule has 0 unspecified atom stereocenters. The average molecular weight is 487 g/mol. The van der Waals surface area contributed by atoms with Crippen LogP contribution in [0, 0.1) is 5.82 Å². The number of amides is 1. The Labute approximate surface area is 196 Å². The summed E-state index contributed by atoms with van der Waals surface area (Å²) in [5.41, 5.74) is 0.204. The van der Waals surface area contributed by atoms with E-state index >= 15 is 0 Å². The molecule has 0 aromatic heterocycles. The van der Waals surface area contributed by atoms with Crippen molar-refractivity contribution in [3.63, 3.8) is 0 Å². The highest BCUT2D eigenvalue weighted by Crippen LogP contribution is 2.27. The zero-order valence-electron chi connectivity index (χ0n) is 18.4. The Morgan fingerprint density at radius 2 is 1.56 bits per heavy atom. The number of sulfonamides is 1. The van der Waals surface area contributed by atoms with Gasteiger partial charge in [0, 0.05) is 26.2 Å². The molecule has 0 bridgehead atoms. The maximum Gasteiger partial charge on any atom is 0.341 e. The Morgan fingerprint density at radius 1 is 0.941 bits per heavy atom. The summed E-state index contributed by atoms with van der Waals surface area (Å²) in [6.45, 7) is 0.00882. The van der Waals surface area contributed by atoms with Crippen LogP contribution in [-0.2, 0) is 19.6 Å². The highest BCUT2D eigenvalue weighted by atomic mass is 32.2. The van der Waals surface area contributed by atoms with E-state index < -0.39 is 21.8 Å². The lowest BCUT2D eigenvalue weighted by molar-refractivity contribution is -0.134. The van der Waals surface area contributed by atoms with E-state index in [4.69, 9.17) is 9.47 Å². The topological polar surface area (TPSA) is 93.2 Å². The Bertz CT molecular complexity index is 1340. The number of piperazine rings is 1. The first-order valence-electron chi connectivity index (χ1n) is 10.6. The predicted octanol–water partition coefficient (Wildman–Crippen LogP) is 2.68. The molecule has 1 heterocycles. The fourth-order valence-corrected chi connectivity index (χ4v) is 5.30. The minimum absolute atomic E-state index is 0.0335. The van der Waals surface area contributed by atoms with E-state index in [0.717, 1.165) is 21.1 Å². The molecule has 3 aromatic carbocycles. The summed E-state index contributed by atoms with van der Waals surface area (Å²) in [7, 11) is -2.73. The number of ether oxygens (including phenoxy) is 2. The molecule has 0 N–H and O–H groups in total. The Hall–Kier alpha value is -3.50. The molecule has 34 heavy (non-hydrogen) atoms. The average Bonchev–Trinajstić information content (AvgIpc) is 2.86. The third kappa shape index (κ3) is 4.73. The highest BCUT2D eigenvalue weighted by Gasteiger charge is 2.32. The van der Waals surface area contributed by atoms with Crippen molar-refractivity contribution in [2.24, 2.45) is 0 Å². The molecule has 0 atom stereocenters. The molecule has 1 saturated heterocycles. The summed E-state index contributed by atoms with van der Waals surface area (Å²) in [5.74, 6) is -1.53. The first-order chi connectivity index (χ1) is 16.3. The number of fused-ring (bicyclic) bond motifs is 1. The summed E-state index contributed by atoms with van der Waals surface area (Å²) in [6, 6.07) is 15.9. The van der Waals surface area contributed by atoms with Crippen LogP contribution in [0.5, 0.6) is 5.75 Å². The van der Waals surface area contributed by atoms with Gasteiger partial charge in [0.15, 0.2) is 6.61 Å². The van der Waals surface area contributed by atoms with Gasteiger partial charge in [-0.3, -0.25) is 4.79 Å². The van der Waals surface area contributed by atoms with E-state index in [9.17, 15) is 22.4 Å². The van der Waals surface area contributed by atoms with Gasteiger partial charge < -0.3 is 14.4 Å². The van der Waals surface area contributed by atoms with Gasteiger partial charge in [-0.1, -0.05) is 36.4 Å². The van der Waals surface area contributed by atoms with Crippen LogP contribution in [-0.4, -0.2) is 69.4 Å². The second kappa shape index (κ2) is 9.78. The molecule has 1 fully saturated rings. The van der Waals surface area contributed by atoms with Crippen LogP contribution < -0.4 is 4.74 Å². The van der Waals surface area contributed by atoms with Crippen LogP contribution in [0.3, 0.4) is 0 Å². The SMILES string of the molecule is COC(=O)c1cc2ccccc2cc1OCC(=O)N1CCN(S(=O)(=O)c2ccccc2F)CC1. The number of carbonyl (C=O) groups is 2. The largest absolute Gasteiger partial charge is 0.483 e. The number of nitrogens with zero attached hydrogens (tertiary/aromatic N) is 2. The molecular formula is C24H23FN2O6S. The van der Waals surface area contributed by atoms with Crippen LogP contribution >= 0.6 is 0 Å². The van der Waals surface area contributed by atoms with Crippen LogP contribution in [0.1, 0.15) is 10.4 Å². The van der Waals surface area contributed by atoms with Crippen molar-refractivity contribution in [3.8, 4) is 5.75 Å². The van der Waals surface area contributed by atoms with Gasteiger partial charge in [0.25, 0.3) is 5.91 Å². The molecular weight excluding hydrogens is 463 g/mol. The van der Waals surface area contributed by atoms with E-state index in [-0.39, 0.29) is 54.9 Å². The van der Waals surface area contributed by atoms with Gasteiger partial charge in [0.05, 0.1) is 7.11 Å². The molecule has 0 radical (unpaired) electrons. The first kappa shape index (κ1) is 23.7. The lowest BCUT2D eigenvalue weighted by Crippen LogP contribution is -2.51. The Kier molecular flexibility index (Phi) is 6.80. The van der Waals surface area contributed by atoms with Crippen molar-refractivity contribution in [1.29, 1.82) is 0 Å². The zero-order valence-corrected chi connectivity index (χ0v) is 19.3. The first-order valence-corrected chi connectivity index (χ1v) is 12.0. The summed E-state index contributed by atoms with van der Waals surface area (Å²) in [5, 5.41) is 1.67. The normalized spacial score (nSPS) is 14.7. The van der Waals surface area contributed by atoms with Gasteiger partial charge in [-0.05, 0) is 35.0 Å². The predicted molar refractivity (Wildman–Crippen MR) is 123 cm³/mol. The molecule has 10 heteroatoms. The number of rotatable bonds is 6. The molecule has 0 aliphatic carbocycles. The fourth-order valence-electron chi connectivity index (χ4n) is 3.81. The van der Waals surface area contributed by atoms with Gasteiger partial charge in [-0.25, -0.2) is 17.6 Å². The van der Waals surface area contributed by atoms with Crippen molar-refractivity contribution in [2.75, 3.05) is 39.9 Å². The summed E-state index contributed by atoms with van der Waals surface area (Å²) in [6.07, 6.45) is 0. The Morgan fingerprint density at radius 3 is 2.21 bits per heavy atom. The quantitative estimate of drug-likeness (QED) is 0.498. The fraction of sp³-hybridized carbons (Fsp3) is 0.250. The minimum Gasteiger partial charge on any atom is -0.483 e. The van der Waals surface area contributed by atoms with Crippen LogP contribution in [0.4, 0.5) is 4.39 Å². The van der Waals surface area contributed by atoms with Gasteiger partial charge in [-0.2, -0.15) is 4.31 Å². The van der Waals surface area contributed by atoms with Crippen LogP contribution in [0.15, 0.2) is 65.6 Å². The van der Waals surface area contributed by atoms with Crippen LogP contribution in [0.2, 0.25) is 0 Å². The van der Waals surface area contributed by atoms with Crippen molar-refractivity contribution < 1.29 is 31.9 Å². The molecule has 4 rings (SSSR count). The smallest absolute Gasteiger partial charge is 0.341 e. The van der Waals surface area contributed by atoms with E-state index in [1.807, 2.05) is 24.3 Å². The van der Waals surface area contributed by atoms with E-state index in [1.54, 1.807) is 12.1 Å². The number of hydrogen-bond donors (Lipinski definition) is 0. The number of carbonyl (C=O) groups excluding carboxylic acids is 2. The zero-order chi connectivity index (χ0) is 24.3. The molecule has 1 aliphatic rings. The molecule has 1 amide bonds. The lowest BCUT2D eigenvalue weighted by Gasteiger charge is -2.34. The van der Waals surface area contributed by atoms with Gasteiger partial charge in [-0.15, -0.1) is 0 Å². The molecule has 3 aromatic rings. The molecule has 178 valence electrons. The molecule has 1 aliphatic heterocycles. The Balaban J connectivity index is 1.42. The number of halogens is 1. The second-order valence-corrected chi connectivity index (χ2v) is 9.60. The number of esters is 1. The van der Waals surface area contributed by atoms with Crippen molar-refractivity contribution >= 4 is 32.7 Å². The van der Waals surface area contributed by atoms with Gasteiger partial charge >= 0.3 is 5.97 Å². The van der Waals surface area contributed by atoms with Gasteiger partial charge in [0.1, 0.15) is 22.0 Å². The van der Waals surface area contributed by atoms with Crippen molar-refractivity contribution in [3.05, 3.63) is 72.0 Å². The minimum atomic E-state index is -4.00. The second-order valence-electron chi connectivity index (χ2n) is 7.69. The summed E-state index contributed by atoms with van der Waals surface area (Å²) < 4.78 is 51.2. The number of hydrogen-bond acceptors (Lipinski definition) is 6. The third-order valence-electron chi connectivity index (χ3n) is 5.65. The van der Waals surface area contributed by atoms with E-state index in [2.05, 4.69) is 0 Å². The van der Waals surface area contributed by atoms with Crippen molar-refractivity contribution in [1.82, 2.24) is 9.21 Å². The monoisotopic (exact) mass is 486 g/mol. The maximum atomic E-state index is 14.0. The summed E-state index contributed by atoms with van der Waals surface area (Å²) in [4.78, 5) is 26.0. The van der Waals surface area contributed by atoms with E-state index in [1.165, 1.54) is 30.2 Å². The highest BCUT2D eigenvalue weighted by molar-refractivity contribution is 7.89. The van der Waals surface area contributed by atoms with Gasteiger partial charge in [0.2, 0.25) is 10.0 Å². The molecule has 8 nitrogen and oxygen atoms in total.